The number of hydrogen-bond donors (Lipinski definition) is 1. The number of benzene rings is 1. The Morgan fingerprint density at radius 3 is 2.82 bits per heavy atom. The number of rotatable bonds is 5. The number of amides is 1. The molecule has 0 aliphatic rings. The normalized spacial score (nSPS) is 11.5. The first-order valence-electron chi connectivity index (χ1n) is 6.15. The Hall–Kier alpha value is -2.49. The summed E-state index contributed by atoms with van der Waals surface area (Å²) in [5.74, 6) is -0.133. The SMILES string of the molecule is Cc1nnnn1-c1cccc(NC(=O)COCC(F)(F)F)c1. The minimum atomic E-state index is -4.46. The lowest BCUT2D eigenvalue weighted by Gasteiger charge is -2.09. The predicted molar refractivity (Wildman–Crippen MR) is 69.4 cm³/mol. The first-order valence-corrected chi connectivity index (χ1v) is 6.15. The van der Waals surface area contributed by atoms with Gasteiger partial charge in [0.15, 0.2) is 5.82 Å². The van der Waals surface area contributed by atoms with Crippen LogP contribution < -0.4 is 5.32 Å². The van der Waals surface area contributed by atoms with E-state index >= 15 is 0 Å². The molecular formula is C12H12F3N5O2. The van der Waals surface area contributed by atoms with Crippen LogP contribution in [-0.4, -0.2) is 45.5 Å². The maximum Gasteiger partial charge on any atom is 0.411 e. The monoisotopic (exact) mass is 315 g/mol. The molecule has 0 saturated carbocycles. The van der Waals surface area contributed by atoms with Crippen molar-refractivity contribution in [3.05, 3.63) is 30.1 Å². The van der Waals surface area contributed by atoms with E-state index in [1.807, 2.05) is 0 Å². The lowest BCUT2D eigenvalue weighted by molar-refractivity contribution is -0.174. The maximum absolute atomic E-state index is 11.9. The van der Waals surface area contributed by atoms with Crippen molar-refractivity contribution in [3.63, 3.8) is 0 Å². The van der Waals surface area contributed by atoms with E-state index < -0.39 is 25.3 Å². The summed E-state index contributed by atoms with van der Waals surface area (Å²) in [4.78, 5) is 11.5. The summed E-state index contributed by atoms with van der Waals surface area (Å²) < 4.78 is 41.4. The zero-order valence-electron chi connectivity index (χ0n) is 11.5. The summed E-state index contributed by atoms with van der Waals surface area (Å²) in [5.41, 5.74) is 1.00. The number of aryl methyl sites for hydroxylation is 1. The second-order valence-electron chi connectivity index (χ2n) is 4.34. The van der Waals surface area contributed by atoms with E-state index in [9.17, 15) is 18.0 Å². The van der Waals surface area contributed by atoms with Crippen LogP contribution in [-0.2, 0) is 9.53 Å². The molecular weight excluding hydrogens is 303 g/mol. The van der Waals surface area contributed by atoms with E-state index in [0.717, 1.165) is 0 Å². The third-order valence-electron chi connectivity index (χ3n) is 2.50. The number of aromatic nitrogens is 4. The summed E-state index contributed by atoms with van der Waals surface area (Å²) >= 11 is 0. The van der Waals surface area contributed by atoms with Crippen molar-refractivity contribution in [2.75, 3.05) is 18.5 Å². The number of halogens is 3. The van der Waals surface area contributed by atoms with Crippen LogP contribution >= 0.6 is 0 Å². The molecule has 0 spiro atoms. The van der Waals surface area contributed by atoms with Crippen molar-refractivity contribution in [2.24, 2.45) is 0 Å². The molecule has 10 heteroatoms. The molecule has 0 saturated heterocycles. The van der Waals surface area contributed by atoms with E-state index in [1.165, 1.54) is 4.68 Å². The first kappa shape index (κ1) is 15.9. The van der Waals surface area contributed by atoms with Gasteiger partial charge < -0.3 is 10.1 Å². The summed E-state index contributed by atoms with van der Waals surface area (Å²) in [6.45, 7) is -0.450. The highest BCUT2D eigenvalue weighted by Crippen LogP contribution is 2.16. The number of anilines is 1. The van der Waals surface area contributed by atoms with Crippen molar-refractivity contribution >= 4 is 11.6 Å². The fraction of sp³-hybridized carbons (Fsp3) is 0.333. The molecule has 22 heavy (non-hydrogen) atoms. The molecule has 0 atom stereocenters. The topological polar surface area (TPSA) is 81.9 Å². The lowest BCUT2D eigenvalue weighted by atomic mass is 10.2. The van der Waals surface area contributed by atoms with Crippen molar-refractivity contribution in [3.8, 4) is 5.69 Å². The fourth-order valence-electron chi connectivity index (χ4n) is 1.64. The number of nitrogens with zero attached hydrogens (tertiary/aromatic N) is 4. The van der Waals surface area contributed by atoms with Crippen molar-refractivity contribution in [1.29, 1.82) is 0 Å². The second kappa shape index (κ2) is 6.52. The lowest BCUT2D eigenvalue weighted by Crippen LogP contribution is -2.24. The van der Waals surface area contributed by atoms with Gasteiger partial charge in [0.2, 0.25) is 5.91 Å². The van der Waals surface area contributed by atoms with Gasteiger partial charge in [-0.1, -0.05) is 6.07 Å². The molecule has 0 aliphatic heterocycles. The fourth-order valence-corrected chi connectivity index (χ4v) is 1.64. The van der Waals surface area contributed by atoms with Gasteiger partial charge in [-0.15, -0.1) is 5.10 Å². The van der Waals surface area contributed by atoms with E-state index in [2.05, 4.69) is 25.6 Å². The largest absolute Gasteiger partial charge is 0.411 e. The number of nitrogens with one attached hydrogen (secondary N) is 1. The van der Waals surface area contributed by atoms with Gasteiger partial charge in [0.25, 0.3) is 0 Å². The highest BCUT2D eigenvalue weighted by molar-refractivity contribution is 5.91. The molecule has 1 aromatic heterocycles. The van der Waals surface area contributed by atoms with Crippen molar-refractivity contribution < 1.29 is 22.7 Å². The molecule has 0 bridgehead atoms. The molecule has 1 amide bonds. The molecule has 2 rings (SSSR count). The number of alkyl halides is 3. The van der Waals surface area contributed by atoms with Crippen LogP contribution in [0.4, 0.5) is 18.9 Å². The smallest absolute Gasteiger partial charge is 0.362 e. The number of carbonyl (C=O) groups excluding carboxylic acids is 1. The number of hydrogen-bond acceptors (Lipinski definition) is 5. The average Bonchev–Trinajstić information content (AvgIpc) is 2.83. The zero-order valence-corrected chi connectivity index (χ0v) is 11.5. The Morgan fingerprint density at radius 1 is 1.41 bits per heavy atom. The summed E-state index contributed by atoms with van der Waals surface area (Å²) in [6, 6.07) is 6.55. The zero-order chi connectivity index (χ0) is 16.2. The Morgan fingerprint density at radius 2 is 2.18 bits per heavy atom. The standard InChI is InChI=1S/C12H12F3N5O2/c1-8-17-18-19-20(8)10-4-2-3-9(5-10)16-11(21)6-22-7-12(13,14)15/h2-5H,6-7H2,1H3,(H,16,21). The Balaban J connectivity index is 1.96. The molecule has 0 radical (unpaired) electrons. The van der Waals surface area contributed by atoms with Crippen LogP contribution in [0.3, 0.4) is 0 Å². The van der Waals surface area contributed by atoms with E-state index in [0.29, 0.717) is 17.2 Å². The number of tetrazole rings is 1. The van der Waals surface area contributed by atoms with Crippen molar-refractivity contribution in [1.82, 2.24) is 20.2 Å². The van der Waals surface area contributed by atoms with Crippen LogP contribution in [0.15, 0.2) is 24.3 Å². The second-order valence-corrected chi connectivity index (χ2v) is 4.34. The van der Waals surface area contributed by atoms with Crippen LogP contribution in [0.2, 0.25) is 0 Å². The van der Waals surface area contributed by atoms with Gasteiger partial charge in [0.1, 0.15) is 13.2 Å². The van der Waals surface area contributed by atoms with E-state index in [1.54, 1.807) is 31.2 Å². The van der Waals surface area contributed by atoms with Gasteiger partial charge in [0.05, 0.1) is 5.69 Å². The molecule has 0 unspecified atom stereocenters. The van der Waals surface area contributed by atoms with Gasteiger partial charge in [0, 0.05) is 5.69 Å². The van der Waals surface area contributed by atoms with Gasteiger partial charge >= 0.3 is 6.18 Å². The summed E-state index contributed by atoms with van der Waals surface area (Å²) in [7, 11) is 0. The minimum absolute atomic E-state index is 0.396. The summed E-state index contributed by atoms with van der Waals surface area (Å²) in [6.07, 6.45) is -4.46. The molecule has 7 nitrogen and oxygen atoms in total. The molecule has 1 heterocycles. The van der Waals surface area contributed by atoms with Crippen LogP contribution in [0, 0.1) is 6.92 Å². The molecule has 1 aromatic carbocycles. The maximum atomic E-state index is 11.9. The van der Waals surface area contributed by atoms with Gasteiger partial charge in [-0.3, -0.25) is 4.79 Å². The Kier molecular flexibility index (Phi) is 4.71. The average molecular weight is 315 g/mol. The number of ether oxygens (including phenoxy) is 1. The van der Waals surface area contributed by atoms with Gasteiger partial charge in [-0.25, -0.2) is 0 Å². The van der Waals surface area contributed by atoms with Gasteiger partial charge in [-0.05, 0) is 35.5 Å². The molecule has 118 valence electrons. The Bertz CT molecular complexity index is 656. The van der Waals surface area contributed by atoms with E-state index in [4.69, 9.17) is 0 Å². The molecule has 0 fully saturated rings. The first-order chi connectivity index (χ1) is 10.3. The molecule has 2 aromatic rings. The Labute approximate surface area is 123 Å². The highest BCUT2D eigenvalue weighted by Gasteiger charge is 2.27. The van der Waals surface area contributed by atoms with Crippen molar-refractivity contribution in [2.45, 2.75) is 13.1 Å². The van der Waals surface area contributed by atoms with Crippen LogP contribution in [0.25, 0.3) is 5.69 Å². The molecule has 0 aliphatic carbocycles. The third kappa shape index (κ3) is 4.52. The van der Waals surface area contributed by atoms with Crippen LogP contribution in [0.5, 0.6) is 0 Å². The summed E-state index contributed by atoms with van der Waals surface area (Å²) in [5, 5.41) is 13.4. The van der Waals surface area contributed by atoms with Gasteiger partial charge in [-0.2, -0.15) is 17.9 Å². The predicted octanol–water partition coefficient (Wildman–Crippen LogP) is 1.49. The van der Waals surface area contributed by atoms with Crippen LogP contribution in [0.1, 0.15) is 5.82 Å². The third-order valence-corrected chi connectivity index (χ3v) is 2.50. The number of carbonyl (C=O) groups is 1. The highest BCUT2D eigenvalue weighted by atomic mass is 19.4. The molecule has 1 N–H and O–H groups in total. The quantitative estimate of drug-likeness (QED) is 0.904. The minimum Gasteiger partial charge on any atom is -0.362 e. The van der Waals surface area contributed by atoms with E-state index in [-0.39, 0.29) is 0 Å².